The van der Waals surface area contributed by atoms with E-state index in [2.05, 4.69) is 22.2 Å². The van der Waals surface area contributed by atoms with Crippen LogP contribution in [0.3, 0.4) is 0 Å². The molecule has 1 amide bonds. The number of aromatic nitrogens is 2. The Morgan fingerprint density at radius 1 is 1.32 bits per heavy atom. The summed E-state index contributed by atoms with van der Waals surface area (Å²) < 4.78 is 10.8. The average molecular weight is 402 g/mol. The summed E-state index contributed by atoms with van der Waals surface area (Å²) in [5.41, 5.74) is 1.18. The van der Waals surface area contributed by atoms with Crippen molar-refractivity contribution in [1.82, 2.24) is 15.3 Å². The lowest BCUT2D eigenvalue weighted by atomic mass is 10.2. The molecule has 148 valence electrons. The van der Waals surface area contributed by atoms with Crippen LogP contribution in [0.15, 0.2) is 41.1 Å². The van der Waals surface area contributed by atoms with Crippen LogP contribution in [-0.4, -0.2) is 22.9 Å². The summed E-state index contributed by atoms with van der Waals surface area (Å²) in [6, 6.07) is 7.18. The summed E-state index contributed by atoms with van der Waals surface area (Å²) >= 11 is 6.13. The molecule has 0 spiro atoms. The van der Waals surface area contributed by atoms with Gasteiger partial charge in [0, 0.05) is 18.6 Å². The molecular formula is C21H24ClN3O3. The summed E-state index contributed by atoms with van der Waals surface area (Å²) in [5, 5.41) is 3.86. The van der Waals surface area contributed by atoms with Crippen LogP contribution < -0.4 is 10.1 Å². The van der Waals surface area contributed by atoms with E-state index < -0.39 is 0 Å². The fraction of sp³-hybridized carbons (Fsp3) is 0.381. The number of nitrogens with zero attached hydrogens (tertiary/aromatic N) is 2. The van der Waals surface area contributed by atoms with Crippen molar-refractivity contribution >= 4 is 28.4 Å². The van der Waals surface area contributed by atoms with Gasteiger partial charge in [0.2, 0.25) is 0 Å². The van der Waals surface area contributed by atoms with Crippen LogP contribution >= 0.6 is 11.6 Å². The summed E-state index contributed by atoms with van der Waals surface area (Å²) in [6.07, 6.45) is 9.00. The van der Waals surface area contributed by atoms with Crippen molar-refractivity contribution in [2.75, 3.05) is 7.05 Å². The van der Waals surface area contributed by atoms with E-state index in [-0.39, 0.29) is 18.4 Å². The average Bonchev–Trinajstić information content (AvgIpc) is 3.39. The number of hydrogen-bond acceptors (Lipinski definition) is 5. The SMILES string of the molecule is CC1CCCC1.CNC(=O)c1nc(COc2ccc(Cl)c3cccnc23)co1. The normalized spacial score (nSPS) is 13.8. The predicted molar refractivity (Wildman–Crippen MR) is 109 cm³/mol. The molecule has 4 rings (SSSR count). The van der Waals surface area contributed by atoms with E-state index in [4.69, 9.17) is 20.8 Å². The fourth-order valence-corrected chi connectivity index (χ4v) is 3.31. The van der Waals surface area contributed by atoms with Crippen molar-refractivity contribution in [2.24, 2.45) is 5.92 Å². The highest BCUT2D eigenvalue weighted by Crippen LogP contribution is 2.30. The number of oxazole rings is 1. The van der Waals surface area contributed by atoms with Gasteiger partial charge in [-0.2, -0.15) is 0 Å². The molecule has 2 heterocycles. The number of ether oxygens (including phenoxy) is 1. The van der Waals surface area contributed by atoms with Gasteiger partial charge >= 0.3 is 5.91 Å². The molecule has 2 aromatic heterocycles. The van der Waals surface area contributed by atoms with Crippen molar-refractivity contribution in [1.29, 1.82) is 0 Å². The first-order valence-electron chi connectivity index (χ1n) is 9.41. The van der Waals surface area contributed by atoms with E-state index in [0.717, 1.165) is 11.3 Å². The predicted octanol–water partition coefficient (Wildman–Crippen LogP) is 5.01. The molecule has 0 bridgehead atoms. The number of hydrogen-bond donors (Lipinski definition) is 1. The van der Waals surface area contributed by atoms with Crippen LogP contribution in [0, 0.1) is 5.92 Å². The van der Waals surface area contributed by atoms with Gasteiger partial charge < -0.3 is 14.5 Å². The smallest absolute Gasteiger partial charge is 0.306 e. The van der Waals surface area contributed by atoms with Gasteiger partial charge in [0.05, 0.1) is 5.02 Å². The molecule has 6 nitrogen and oxygen atoms in total. The Morgan fingerprint density at radius 3 is 2.79 bits per heavy atom. The second-order valence-corrected chi connectivity index (χ2v) is 7.25. The molecule has 7 heteroatoms. The molecule has 1 N–H and O–H groups in total. The van der Waals surface area contributed by atoms with Crippen molar-refractivity contribution < 1.29 is 13.9 Å². The summed E-state index contributed by atoms with van der Waals surface area (Å²) in [5.74, 6) is 1.25. The Labute approximate surface area is 169 Å². The summed E-state index contributed by atoms with van der Waals surface area (Å²) in [4.78, 5) is 19.7. The van der Waals surface area contributed by atoms with Gasteiger partial charge in [-0.05, 0) is 30.2 Å². The molecule has 0 unspecified atom stereocenters. The molecule has 0 saturated heterocycles. The highest BCUT2D eigenvalue weighted by Gasteiger charge is 2.13. The number of rotatable bonds is 4. The second-order valence-electron chi connectivity index (χ2n) is 6.85. The van der Waals surface area contributed by atoms with Gasteiger partial charge in [0.25, 0.3) is 5.89 Å². The molecular weight excluding hydrogens is 378 g/mol. The van der Waals surface area contributed by atoms with Crippen LogP contribution in [0.1, 0.15) is 49.0 Å². The second kappa shape index (κ2) is 9.55. The van der Waals surface area contributed by atoms with Crippen molar-refractivity contribution in [3.05, 3.63) is 53.3 Å². The Morgan fingerprint density at radius 2 is 2.11 bits per heavy atom. The lowest BCUT2D eigenvalue weighted by Gasteiger charge is -2.08. The number of fused-ring (bicyclic) bond motifs is 1. The minimum absolute atomic E-state index is 0.000175. The van der Waals surface area contributed by atoms with Crippen molar-refractivity contribution in [2.45, 2.75) is 39.2 Å². The van der Waals surface area contributed by atoms with E-state index in [0.29, 0.717) is 22.0 Å². The minimum atomic E-state index is -0.384. The first kappa shape index (κ1) is 20.1. The van der Waals surface area contributed by atoms with Crippen LogP contribution in [0.4, 0.5) is 0 Å². The van der Waals surface area contributed by atoms with Crippen LogP contribution in [0.5, 0.6) is 5.75 Å². The highest BCUT2D eigenvalue weighted by atomic mass is 35.5. The first-order valence-corrected chi connectivity index (χ1v) is 9.78. The van der Waals surface area contributed by atoms with Gasteiger partial charge in [-0.25, -0.2) is 4.98 Å². The molecule has 1 fully saturated rings. The Hall–Kier alpha value is -2.60. The first-order chi connectivity index (χ1) is 13.6. The Kier molecular flexibility index (Phi) is 6.87. The summed E-state index contributed by atoms with van der Waals surface area (Å²) in [6.45, 7) is 2.50. The molecule has 28 heavy (non-hydrogen) atoms. The van der Waals surface area contributed by atoms with E-state index in [9.17, 15) is 4.79 Å². The number of carbonyl (C=O) groups is 1. The molecule has 0 aliphatic heterocycles. The number of carbonyl (C=O) groups excluding carboxylic acids is 1. The Balaban J connectivity index is 0.000000320. The zero-order valence-corrected chi connectivity index (χ0v) is 16.8. The van der Waals surface area contributed by atoms with E-state index in [1.807, 2.05) is 12.1 Å². The number of benzene rings is 1. The number of pyridine rings is 1. The van der Waals surface area contributed by atoms with Crippen LogP contribution in [0.25, 0.3) is 10.9 Å². The minimum Gasteiger partial charge on any atom is -0.485 e. The van der Waals surface area contributed by atoms with Gasteiger partial charge in [-0.3, -0.25) is 9.78 Å². The maximum atomic E-state index is 11.4. The van der Waals surface area contributed by atoms with Crippen molar-refractivity contribution in [3.63, 3.8) is 0 Å². The van der Waals surface area contributed by atoms with E-state index >= 15 is 0 Å². The van der Waals surface area contributed by atoms with Crippen LogP contribution in [0.2, 0.25) is 5.02 Å². The monoisotopic (exact) mass is 401 g/mol. The quantitative estimate of drug-likeness (QED) is 0.664. The number of nitrogens with one attached hydrogen (secondary N) is 1. The van der Waals surface area contributed by atoms with Gasteiger partial charge in [-0.1, -0.05) is 44.2 Å². The topological polar surface area (TPSA) is 77.2 Å². The number of amides is 1. The van der Waals surface area contributed by atoms with Gasteiger partial charge in [-0.15, -0.1) is 0 Å². The zero-order chi connectivity index (χ0) is 19.9. The van der Waals surface area contributed by atoms with Gasteiger partial charge in [0.1, 0.15) is 29.8 Å². The molecule has 1 saturated carbocycles. The maximum Gasteiger partial charge on any atom is 0.306 e. The van der Waals surface area contributed by atoms with E-state index in [1.165, 1.54) is 39.0 Å². The van der Waals surface area contributed by atoms with Crippen molar-refractivity contribution in [3.8, 4) is 5.75 Å². The third-order valence-electron chi connectivity index (χ3n) is 4.67. The van der Waals surface area contributed by atoms with E-state index in [1.54, 1.807) is 18.3 Å². The molecule has 0 atom stereocenters. The lowest BCUT2D eigenvalue weighted by molar-refractivity contribution is 0.0928. The molecule has 0 radical (unpaired) electrons. The van der Waals surface area contributed by atoms with Crippen LogP contribution in [-0.2, 0) is 6.61 Å². The molecule has 1 aliphatic rings. The Bertz CT molecular complexity index is 936. The van der Waals surface area contributed by atoms with Gasteiger partial charge in [0.15, 0.2) is 0 Å². The molecule has 1 aromatic carbocycles. The third kappa shape index (κ3) is 5.01. The largest absolute Gasteiger partial charge is 0.485 e. The fourth-order valence-electron chi connectivity index (χ4n) is 3.09. The standard InChI is InChI=1S/C15H12ClN3O3.C6H12/c1-17-14(20)15-19-9(8-22-15)7-21-12-5-4-11(16)10-3-2-6-18-13(10)12;1-6-4-2-3-5-6/h2-6,8H,7H2,1H3,(H,17,20);6H,2-5H2,1H3. The third-order valence-corrected chi connectivity index (χ3v) is 5.00. The molecule has 1 aliphatic carbocycles. The summed E-state index contributed by atoms with van der Waals surface area (Å²) in [7, 11) is 1.51. The molecule has 3 aromatic rings. The maximum absolute atomic E-state index is 11.4. The lowest BCUT2D eigenvalue weighted by Crippen LogP contribution is -2.18. The number of halogens is 1. The zero-order valence-electron chi connectivity index (χ0n) is 16.1. The highest BCUT2D eigenvalue weighted by molar-refractivity contribution is 6.35.